The molecule has 0 aromatic heterocycles. The van der Waals surface area contributed by atoms with Crippen LogP contribution in [-0.4, -0.2) is 37.0 Å². The van der Waals surface area contributed by atoms with Gasteiger partial charge in [-0.2, -0.15) is 0 Å². The van der Waals surface area contributed by atoms with Gasteiger partial charge in [0.1, 0.15) is 0 Å². The summed E-state index contributed by atoms with van der Waals surface area (Å²) < 4.78 is 0. The van der Waals surface area contributed by atoms with Crippen LogP contribution in [0.25, 0.3) is 0 Å². The molecule has 2 aliphatic rings. The van der Waals surface area contributed by atoms with Gasteiger partial charge in [0.05, 0.1) is 0 Å². The van der Waals surface area contributed by atoms with Crippen molar-refractivity contribution >= 4 is 17.3 Å². The average molecular weight is 378 g/mol. The molecule has 1 N–H and O–H groups in total. The number of piperidine rings is 1. The number of fused-ring (bicyclic) bond motifs is 1. The maximum atomic E-state index is 12.4. The van der Waals surface area contributed by atoms with Crippen molar-refractivity contribution in [1.29, 1.82) is 0 Å². The van der Waals surface area contributed by atoms with Gasteiger partial charge < -0.3 is 10.2 Å². The molecule has 0 saturated carbocycles. The van der Waals surface area contributed by atoms with Gasteiger partial charge in [0.2, 0.25) is 5.91 Å². The molecule has 2 aromatic carbocycles. The Labute approximate surface area is 168 Å². The lowest BCUT2D eigenvalue weighted by molar-refractivity contribution is -0.116. The van der Waals surface area contributed by atoms with Crippen molar-refractivity contribution in [2.75, 3.05) is 36.4 Å². The van der Waals surface area contributed by atoms with E-state index in [2.05, 4.69) is 58.4 Å². The quantitative estimate of drug-likeness (QED) is 0.843. The smallest absolute Gasteiger partial charge is 0.225 e. The third-order valence-corrected chi connectivity index (χ3v) is 6.16. The highest BCUT2D eigenvalue weighted by atomic mass is 16.1. The van der Waals surface area contributed by atoms with Crippen LogP contribution in [0.5, 0.6) is 0 Å². The van der Waals surface area contributed by atoms with Gasteiger partial charge in [-0.25, -0.2) is 0 Å². The molecule has 2 aromatic rings. The Morgan fingerprint density at radius 1 is 1.00 bits per heavy atom. The molecule has 0 aliphatic carbocycles. The number of carbonyl (C=O) groups excluding carboxylic acids is 1. The first-order valence-corrected chi connectivity index (χ1v) is 10.6. The van der Waals surface area contributed by atoms with Crippen LogP contribution in [0, 0.1) is 5.92 Å². The second-order valence-corrected chi connectivity index (χ2v) is 8.31. The third-order valence-electron chi connectivity index (χ3n) is 6.16. The first-order valence-electron chi connectivity index (χ1n) is 10.6. The lowest BCUT2D eigenvalue weighted by Gasteiger charge is -2.32. The van der Waals surface area contributed by atoms with Crippen molar-refractivity contribution in [1.82, 2.24) is 4.90 Å². The lowest BCUT2D eigenvalue weighted by Crippen LogP contribution is -2.33. The van der Waals surface area contributed by atoms with E-state index < -0.39 is 0 Å². The maximum absolute atomic E-state index is 12.4. The van der Waals surface area contributed by atoms with E-state index in [1.807, 2.05) is 12.1 Å². The standard InChI is InChI=1S/C24H31N3O/c1-19-10-16-27(17-11-19)23-8-6-22(7-9-23)25-24(28)13-15-26-14-12-20-4-2-3-5-21(20)18-26/h2-9,19H,10-18H2,1H3,(H,25,28). The van der Waals surface area contributed by atoms with Crippen molar-refractivity contribution in [2.45, 2.75) is 39.2 Å². The molecule has 2 aliphatic heterocycles. The third kappa shape index (κ3) is 4.74. The largest absolute Gasteiger partial charge is 0.372 e. The lowest BCUT2D eigenvalue weighted by atomic mass is 9.99. The molecule has 0 spiro atoms. The van der Waals surface area contributed by atoms with Crippen LogP contribution in [0.4, 0.5) is 11.4 Å². The second-order valence-electron chi connectivity index (χ2n) is 8.31. The van der Waals surface area contributed by atoms with Crippen molar-refractivity contribution in [3.63, 3.8) is 0 Å². The molecular formula is C24H31N3O. The van der Waals surface area contributed by atoms with Gasteiger partial charge in [0, 0.05) is 50.5 Å². The van der Waals surface area contributed by atoms with Crippen LogP contribution < -0.4 is 10.2 Å². The van der Waals surface area contributed by atoms with E-state index >= 15 is 0 Å². The molecule has 1 saturated heterocycles. The fraction of sp³-hybridized carbons (Fsp3) is 0.458. The summed E-state index contributed by atoms with van der Waals surface area (Å²) in [6.45, 7) is 7.39. The van der Waals surface area contributed by atoms with E-state index in [-0.39, 0.29) is 5.91 Å². The monoisotopic (exact) mass is 377 g/mol. The Morgan fingerprint density at radius 2 is 1.71 bits per heavy atom. The number of nitrogens with one attached hydrogen (secondary N) is 1. The van der Waals surface area contributed by atoms with Gasteiger partial charge in [-0.05, 0) is 60.6 Å². The number of hydrogen-bond donors (Lipinski definition) is 1. The Balaban J connectivity index is 1.24. The number of benzene rings is 2. The fourth-order valence-corrected chi connectivity index (χ4v) is 4.25. The van der Waals surface area contributed by atoms with Crippen LogP contribution in [0.15, 0.2) is 48.5 Å². The van der Waals surface area contributed by atoms with Crippen molar-refractivity contribution < 1.29 is 4.79 Å². The normalized spacial score (nSPS) is 18.0. The Morgan fingerprint density at radius 3 is 2.46 bits per heavy atom. The summed E-state index contributed by atoms with van der Waals surface area (Å²) in [4.78, 5) is 17.2. The van der Waals surface area contributed by atoms with Crippen LogP contribution in [0.2, 0.25) is 0 Å². The molecule has 0 bridgehead atoms. The topological polar surface area (TPSA) is 35.6 Å². The summed E-state index contributed by atoms with van der Waals surface area (Å²) in [6.07, 6.45) is 4.14. The zero-order valence-electron chi connectivity index (χ0n) is 16.9. The molecule has 148 valence electrons. The number of anilines is 2. The summed E-state index contributed by atoms with van der Waals surface area (Å²) >= 11 is 0. The number of carbonyl (C=O) groups is 1. The Bertz CT molecular complexity index is 794. The molecule has 0 atom stereocenters. The molecule has 0 unspecified atom stereocenters. The summed E-state index contributed by atoms with van der Waals surface area (Å²) in [5.41, 5.74) is 5.00. The predicted molar refractivity (Wildman–Crippen MR) is 116 cm³/mol. The molecule has 4 nitrogen and oxygen atoms in total. The molecule has 0 radical (unpaired) electrons. The van der Waals surface area contributed by atoms with E-state index in [1.54, 1.807) is 0 Å². The molecule has 4 heteroatoms. The first kappa shape index (κ1) is 19.0. The van der Waals surface area contributed by atoms with Crippen molar-refractivity contribution in [3.05, 3.63) is 59.7 Å². The fourth-order valence-electron chi connectivity index (χ4n) is 4.25. The van der Waals surface area contributed by atoms with Crippen LogP contribution in [0.1, 0.15) is 37.3 Å². The van der Waals surface area contributed by atoms with E-state index in [0.717, 1.165) is 50.7 Å². The minimum Gasteiger partial charge on any atom is -0.372 e. The highest BCUT2D eigenvalue weighted by Crippen LogP contribution is 2.24. The van der Waals surface area contributed by atoms with Gasteiger partial charge in [-0.3, -0.25) is 9.69 Å². The Hall–Kier alpha value is -2.33. The first-order chi connectivity index (χ1) is 13.7. The molecule has 1 amide bonds. The molecular weight excluding hydrogens is 346 g/mol. The second kappa shape index (κ2) is 8.78. The zero-order chi connectivity index (χ0) is 19.3. The van der Waals surface area contributed by atoms with Crippen LogP contribution >= 0.6 is 0 Å². The molecule has 28 heavy (non-hydrogen) atoms. The van der Waals surface area contributed by atoms with Gasteiger partial charge in [-0.15, -0.1) is 0 Å². The summed E-state index contributed by atoms with van der Waals surface area (Å²) in [5, 5.41) is 3.05. The SMILES string of the molecule is CC1CCN(c2ccc(NC(=O)CCN3CCc4ccccc4C3)cc2)CC1. The maximum Gasteiger partial charge on any atom is 0.225 e. The number of hydrogen-bond acceptors (Lipinski definition) is 3. The highest BCUT2D eigenvalue weighted by molar-refractivity contribution is 5.91. The minimum atomic E-state index is 0.0957. The van der Waals surface area contributed by atoms with Gasteiger partial charge in [-0.1, -0.05) is 31.2 Å². The van der Waals surface area contributed by atoms with Gasteiger partial charge in [0.25, 0.3) is 0 Å². The average Bonchev–Trinajstić information content (AvgIpc) is 2.73. The van der Waals surface area contributed by atoms with E-state index in [9.17, 15) is 4.79 Å². The van der Waals surface area contributed by atoms with E-state index in [4.69, 9.17) is 0 Å². The van der Waals surface area contributed by atoms with Crippen LogP contribution in [-0.2, 0) is 17.8 Å². The Kier molecular flexibility index (Phi) is 5.96. The van der Waals surface area contributed by atoms with Crippen molar-refractivity contribution in [3.8, 4) is 0 Å². The molecule has 2 heterocycles. The number of nitrogens with zero attached hydrogens (tertiary/aromatic N) is 2. The van der Waals surface area contributed by atoms with Crippen LogP contribution in [0.3, 0.4) is 0 Å². The van der Waals surface area contributed by atoms with E-state index in [1.165, 1.54) is 29.7 Å². The molecule has 4 rings (SSSR count). The number of amides is 1. The summed E-state index contributed by atoms with van der Waals surface area (Å²) in [7, 11) is 0. The van der Waals surface area contributed by atoms with Crippen molar-refractivity contribution in [2.24, 2.45) is 5.92 Å². The zero-order valence-corrected chi connectivity index (χ0v) is 16.9. The van der Waals surface area contributed by atoms with E-state index in [0.29, 0.717) is 6.42 Å². The van der Waals surface area contributed by atoms with Gasteiger partial charge in [0.15, 0.2) is 0 Å². The summed E-state index contributed by atoms with van der Waals surface area (Å²) in [5.74, 6) is 0.932. The molecule has 1 fully saturated rings. The highest BCUT2D eigenvalue weighted by Gasteiger charge is 2.17. The predicted octanol–water partition coefficient (Wildman–Crippen LogP) is 4.31. The minimum absolute atomic E-state index is 0.0957. The summed E-state index contributed by atoms with van der Waals surface area (Å²) in [6, 6.07) is 17.0. The number of rotatable bonds is 5. The van der Waals surface area contributed by atoms with Gasteiger partial charge >= 0.3 is 0 Å².